The highest BCUT2D eigenvalue weighted by Crippen LogP contribution is 2.28. The van der Waals surface area contributed by atoms with Crippen LogP contribution in [0.5, 0.6) is 0 Å². The van der Waals surface area contributed by atoms with Gasteiger partial charge in [-0.15, -0.1) is 0 Å². The van der Waals surface area contributed by atoms with Crippen LogP contribution in [-0.4, -0.2) is 24.1 Å². The number of thiocarbonyl (C=S) groups is 1. The zero-order valence-electron chi connectivity index (χ0n) is 13.7. The second-order valence-corrected chi connectivity index (χ2v) is 6.40. The topological polar surface area (TPSA) is 44.4 Å². The largest absolute Gasteiger partial charge is 0.370 e. The number of hydrogen-bond acceptors (Lipinski definition) is 3. The van der Waals surface area contributed by atoms with Gasteiger partial charge in [-0.2, -0.15) is 0 Å². The smallest absolute Gasteiger partial charge is 0.257 e. The molecule has 1 fully saturated rings. The fraction of sp³-hybridized carbons (Fsp3) is 0.263. The zero-order chi connectivity index (χ0) is 16.9. The number of rotatable bonds is 3. The van der Waals surface area contributed by atoms with E-state index < -0.39 is 0 Å². The highest BCUT2D eigenvalue weighted by molar-refractivity contribution is 7.80. The minimum Gasteiger partial charge on any atom is -0.370 e. The molecule has 1 aliphatic heterocycles. The van der Waals surface area contributed by atoms with Crippen molar-refractivity contribution in [1.29, 1.82) is 0 Å². The molecule has 3 rings (SSSR count). The molecule has 0 unspecified atom stereocenters. The van der Waals surface area contributed by atoms with E-state index in [2.05, 4.69) is 21.6 Å². The van der Waals surface area contributed by atoms with Crippen LogP contribution in [0.15, 0.2) is 48.5 Å². The standard InChI is InChI=1S/C19H21N3OS/c1-14-7-6-8-15(13-14)18(23)21-19(24)20-16-9-2-3-10-17(16)22-11-4-5-12-22/h2-3,6-10,13H,4-5,11-12H2,1H3,(H2,20,21,23,24). The molecule has 0 spiro atoms. The van der Waals surface area contributed by atoms with Gasteiger partial charge in [0.1, 0.15) is 0 Å². The summed E-state index contributed by atoms with van der Waals surface area (Å²) in [7, 11) is 0. The first-order valence-electron chi connectivity index (χ1n) is 8.16. The van der Waals surface area contributed by atoms with Gasteiger partial charge in [0.15, 0.2) is 5.11 Å². The molecule has 24 heavy (non-hydrogen) atoms. The van der Waals surface area contributed by atoms with E-state index in [0.29, 0.717) is 10.7 Å². The minimum atomic E-state index is -0.199. The number of para-hydroxylation sites is 2. The maximum Gasteiger partial charge on any atom is 0.257 e. The average molecular weight is 339 g/mol. The van der Waals surface area contributed by atoms with Crippen molar-refractivity contribution in [3.63, 3.8) is 0 Å². The highest BCUT2D eigenvalue weighted by Gasteiger charge is 2.16. The molecule has 0 aromatic heterocycles. The molecule has 1 heterocycles. The lowest BCUT2D eigenvalue weighted by molar-refractivity contribution is 0.0977. The third kappa shape index (κ3) is 3.92. The lowest BCUT2D eigenvalue weighted by Gasteiger charge is -2.22. The normalized spacial score (nSPS) is 13.6. The molecule has 0 bridgehead atoms. The van der Waals surface area contributed by atoms with Gasteiger partial charge in [0.25, 0.3) is 5.91 Å². The van der Waals surface area contributed by atoms with Gasteiger partial charge >= 0.3 is 0 Å². The van der Waals surface area contributed by atoms with E-state index in [4.69, 9.17) is 12.2 Å². The third-order valence-corrected chi connectivity index (χ3v) is 4.31. The quantitative estimate of drug-likeness (QED) is 0.837. The number of anilines is 2. The summed E-state index contributed by atoms with van der Waals surface area (Å²) in [6.45, 7) is 4.07. The Kier molecular flexibility index (Phi) is 5.11. The Labute approximate surface area is 147 Å². The number of nitrogens with zero attached hydrogens (tertiary/aromatic N) is 1. The first-order chi connectivity index (χ1) is 11.6. The van der Waals surface area contributed by atoms with Crippen LogP contribution in [-0.2, 0) is 0 Å². The summed E-state index contributed by atoms with van der Waals surface area (Å²) in [4.78, 5) is 14.6. The van der Waals surface area contributed by atoms with Gasteiger partial charge < -0.3 is 10.2 Å². The Hall–Kier alpha value is -2.40. The number of nitrogens with one attached hydrogen (secondary N) is 2. The summed E-state index contributed by atoms with van der Waals surface area (Å²) in [5.74, 6) is -0.199. The molecule has 124 valence electrons. The molecule has 0 atom stereocenters. The predicted octanol–water partition coefficient (Wildman–Crippen LogP) is 3.72. The molecule has 0 radical (unpaired) electrons. The first-order valence-corrected chi connectivity index (χ1v) is 8.57. The molecule has 1 aliphatic rings. The van der Waals surface area contributed by atoms with E-state index in [1.54, 1.807) is 6.07 Å². The number of amides is 1. The van der Waals surface area contributed by atoms with Crippen molar-refractivity contribution < 1.29 is 4.79 Å². The second-order valence-electron chi connectivity index (χ2n) is 5.99. The minimum absolute atomic E-state index is 0.199. The fourth-order valence-electron chi connectivity index (χ4n) is 2.93. The van der Waals surface area contributed by atoms with Gasteiger partial charge in [0.05, 0.1) is 11.4 Å². The van der Waals surface area contributed by atoms with Gasteiger partial charge in [0.2, 0.25) is 0 Å². The Bertz CT molecular complexity index is 754. The zero-order valence-corrected chi connectivity index (χ0v) is 14.5. The van der Waals surface area contributed by atoms with Gasteiger partial charge in [-0.25, -0.2) is 0 Å². The Morgan fingerprint density at radius 1 is 1.08 bits per heavy atom. The Balaban J connectivity index is 1.68. The Morgan fingerprint density at radius 2 is 1.83 bits per heavy atom. The van der Waals surface area contributed by atoms with Crippen LogP contribution < -0.4 is 15.5 Å². The van der Waals surface area contributed by atoms with E-state index in [9.17, 15) is 4.79 Å². The van der Waals surface area contributed by atoms with E-state index in [1.807, 2.05) is 43.3 Å². The predicted molar refractivity (Wildman–Crippen MR) is 103 cm³/mol. The van der Waals surface area contributed by atoms with Gasteiger partial charge in [-0.05, 0) is 56.2 Å². The molecule has 1 saturated heterocycles. The summed E-state index contributed by atoms with van der Waals surface area (Å²) in [6, 6.07) is 15.5. The van der Waals surface area contributed by atoms with Crippen LogP contribution in [0.25, 0.3) is 0 Å². The van der Waals surface area contributed by atoms with Crippen molar-refractivity contribution in [3.8, 4) is 0 Å². The van der Waals surface area contributed by atoms with Crippen LogP contribution in [0, 0.1) is 6.92 Å². The summed E-state index contributed by atoms with van der Waals surface area (Å²) in [5, 5.41) is 6.23. The van der Waals surface area contributed by atoms with E-state index >= 15 is 0 Å². The molecular weight excluding hydrogens is 318 g/mol. The van der Waals surface area contributed by atoms with Crippen LogP contribution in [0.4, 0.5) is 11.4 Å². The molecule has 4 nitrogen and oxygen atoms in total. The maximum atomic E-state index is 12.3. The number of carbonyl (C=O) groups is 1. The monoisotopic (exact) mass is 339 g/mol. The molecule has 2 N–H and O–H groups in total. The van der Waals surface area contributed by atoms with Gasteiger partial charge in [-0.3, -0.25) is 10.1 Å². The fourth-order valence-corrected chi connectivity index (χ4v) is 3.13. The third-order valence-electron chi connectivity index (χ3n) is 4.11. The lowest BCUT2D eigenvalue weighted by Crippen LogP contribution is -2.34. The summed E-state index contributed by atoms with van der Waals surface area (Å²) < 4.78 is 0. The van der Waals surface area contributed by atoms with Crippen LogP contribution in [0.2, 0.25) is 0 Å². The van der Waals surface area contributed by atoms with Crippen LogP contribution >= 0.6 is 12.2 Å². The summed E-state index contributed by atoms with van der Waals surface area (Å²) >= 11 is 5.32. The van der Waals surface area contributed by atoms with Crippen molar-refractivity contribution in [3.05, 3.63) is 59.7 Å². The van der Waals surface area contributed by atoms with Crippen molar-refractivity contribution >= 4 is 34.6 Å². The SMILES string of the molecule is Cc1cccc(C(=O)NC(=S)Nc2ccccc2N2CCCC2)c1. The number of hydrogen-bond donors (Lipinski definition) is 2. The van der Waals surface area contributed by atoms with Crippen molar-refractivity contribution in [2.75, 3.05) is 23.3 Å². The average Bonchev–Trinajstić information content (AvgIpc) is 3.09. The summed E-state index contributed by atoms with van der Waals surface area (Å²) in [5.41, 5.74) is 3.70. The molecule has 2 aromatic carbocycles. The molecule has 0 saturated carbocycles. The number of benzene rings is 2. The molecule has 0 aliphatic carbocycles. The lowest BCUT2D eigenvalue weighted by atomic mass is 10.1. The van der Waals surface area contributed by atoms with E-state index in [1.165, 1.54) is 12.8 Å². The van der Waals surface area contributed by atoms with Crippen molar-refractivity contribution in [2.45, 2.75) is 19.8 Å². The van der Waals surface area contributed by atoms with Crippen LogP contribution in [0.3, 0.4) is 0 Å². The van der Waals surface area contributed by atoms with E-state index in [0.717, 1.165) is 30.0 Å². The van der Waals surface area contributed by atoms with Gasteiger partial charge in [-0.1, -0.05) is 29.8 Å². The van der Waals surface area contributed by atoms with Gasteiger partial charge in [0, 0.05) is 18.7 Å². The van der Waals surface area contributed by atoms with Crippen LogP contribution in [0.1, 0.15) is 28.8 Å². The molecular formula is C19H21N3OS. The second kappa shape index (κ2) is 7.45. The number of aryl methyl sites for hydroxylation is 1. The summed E-state index contributed by atoms with van der Waals surface area (Å²) in [6.07, 6.45) is 2.42. The molecule has 2 aromatic rings. The highest BCUT2D eigenvalue weighted by atomic mass is 32.1. The van der Waals surface area contributed by atoms with Crippen molar-refractivity contribution in [2.24, 2.45) is 0 Å². The van der Waals surface area contributed by atoms with E-state index in [-0.39, 0.29) is 5.91 Å². The Morgan fingerprint density at radius 3 is 2.58 bits per heavy atom. The first kappa shape index (κ1) is 16.5. The molecule has 5 heteroatoms. The molecule has 1 amide bonds. The maximum absolute atomic E-state index is 12.3. The number of carbonyl (C=O) groups excluding carboxylic acids is 1. The van der Waals surface area contributed by atoms with Crippen molar-refractivity contribution in [1.82, 2.24) is 5.32 Å².